The Morgan fingerprint density at radius 2 is 2.30 bits per heavy atom. The smallest absolute Gasteiger partial charge is 0.252 e. The van der Waals surface area contributed by atoms with Gasteiger partial charge in [0.25, 0.3) is 5.91 Å². The number of hydrogen-bond acceptors (Lipinski definition) is 5. The molecule has 1 aromatic carbocycles. The number of furan rings is 1. The second kappa shape index (κ2) is 5.44. The molecule has 0 aliphatic rings. The summed E-state index contributed by atoms with van der Waals surface area (Å²) in [4.78, 5) is 15.7. The molecule has 0 atom stereocenters. The molecule has 0 aliphatic heterocycles. The molecular weight excluding hydrogens is 276 g/mol. The van der Waals surface area contributed by atoms with Gasteiger partial charge >= 0.3 is 0 Å². The van der Waals surface area contributed by atoms with Gasteiger partial charge in [0.15, 0.2) is 10.9 Å². The Balaban J connectivity index is 1.84. The molecule has 0 radical (unpaired) electrons. The van der Waals surface area contributed by atoms with Gasteiger partial charge < -0.3 is 9.15 Å². The van der Waals surface area contributed by atoms with E-state index in [1.54, 1.807) is 0 Å². The summed E-state index contributed by atoms with van der Waals surface area (Å²) < 4.78 is 10.5. The first-order valence-electron chi connectivity index (χ1n) is 5.99. The van der Waals surface area contributed by atoms with E-state index in [2.05, 4.69) is 10.3 Å². The first-order valence-corrected chi connectivity index (χ1v) is 6.87. The van der Waals surface area contributed by atoms with Gasteiger partial charge in [0, 0.05) is 17.9 Å². The van der Waals surface area contributed by atoms with Crippen LogP contribution < -0.4 is 5.32 Å². The summed E-state index contributed by atoms with van der Waals surface area (Å²) in [7, 11) is 1.47. The number of ether oxygens (including phenoxy) is 1. The number of rotatable bonds is 4. The largest absolute Gasteiger partial charge is 0.454 e. The Bertz CT molecular complexity index is 715. The number of nitrogens with zero attached hydrogens (tertiary/aromatic N) is 1. The van der Waals surface area contributed by atoms with Gasteiger partial charge in [-0.3, -0.25) is 10.1 Å². The van der Waals surface area contributed by atoms with Crippen LogP contribution in [0.4, 0.5) is 5.13 Å². The van der Waals surface area contributed by atoms with Crippen molar-refractivity contribution in [3.05, 3.63) is 35.7 Å². The maximum absolute atomic E-state index is 11.4. The lowest BCUT2D eigenvalue weighted by molar-refractivity contribution is -0.119. The summed E-state index contributed by atoms with van der Waals surface area (Å²) in [5, 5.41) is 6.07. The third kappa shape index (κ3) is 2.56. The van der Waals surface area contributed by atoms with Gasteiger partial charge in [-0.2, -0.15) is 0 Å². The Morgan fingerprint density at radius 1 is 1.45 bits per heavy atom. The zero-order valence-electron chi connectivity index (χ0n) is 10.8. The third-order valence-electron chi connectivity index (χ3n) is 2.70. The number of nitrogens with one attached hydrogen (secondary N) is 1. The summed E-state index contributed by atoms with van der Waals surface area (Å²) in [5.41, 5.74) is 1.53. The highest BCUT2D eigenvalue weighted by Crippen LogP contribution is 2.29. The number of anilines is 1. The molecule has 0 fully saturated rings. The topological polar surface area (TPSA) is 64.4 Å². The Labute approximate surface area is 119 Å². The minimum atomic E-state index is -0.224. The number of carbonyl (C=O) groups excluding carboxylic acids is 1. The normalized spacial score (nSPS) is 10.8. The maximum atomic E-state index is 11.4. The monoisotopic (exact) mass is 288 g/mol. The maximum Gasteiger partial charge on any atom is 0.252 e. The minimum absolute atomic E-state index is 0.0134. The molecule has 20 heavy (non-hydrogen) atoms. The van der Waals surface area contributed by atoms with E-state index in [1.807, 2.05) is 35.7 Å². The first-order chi connectivity index (χ1) is 9.76. The third-order valence-corrected chi connectivity index (χ3v) is 3.46. The highest BCUT2D eigenvalue weighted by molar-refractivity contribution is 7.14. The van der Waals surface area contributed by atoms with Crippen LogP contribution in [0.3, 0.4) is 0 Å². The van der Waals surface area contributed by atoms with Gasteiger partial charge in [0.05, 0.1) is 0 Å². The summed E-state index contributed by atoms with van der Waals surface area (Å²) in [6, 6.07) is 9.71. The summed E-state index contributed by atoms with van der Waals surface area (Å²) in [5.74, 6) is 0.465. The van der Waals surface area contributed by atoms with Crippen LogP contribution in [0.5, 0.6) is 0 Å². The summed E-state index contributed by atoms with van der Waals surface area (Å²) in [6.07, 6.45) is 0. The number of fused-ring (bicyclic) bond motifs is 1. The molecule has 0 unspecified atom stereocenters. The van der Waals surface area contributed by atoms with Crippen LogP contribution in [0, 0.1) is 0 Å². The van der Waals surface area contributed by atoms with Crippen LogP contribution in [-0.2, 0) is 9.53 Å². The van der Waals surface area contributed by atoms with Crippen molar-refractivity contribution in [3.63, 3.8) is 0 Å². The Morgan fingerprint density at radius 3 is 3.10 bits per heavy atom. The average Bonchev–Trinajstić information content (AvgIpc) is 3.04. The Kier molecular flexibility index (Phi) is 3.49. The van der Waals surface area contributed by atoms with Crippen molar-refractivity contribution in [3.8, 4) is 11.5 Å². The lowest BCUT2D eigenvalue weighted by Gasteiger charge is -1.98. The van der Waals surface area contributed by atoms with E-state index in [1.165, 1.54) is 18.4 Å². The number of hydrogen-bond donors (Lipinski definition) is 1. The second-order valence-electron chi connectivity index (χ2n) is 4.17. The van der Waals surface area contributed by atoms with Crippen molar-refractivity contribution >= 4 is 33.3 Å². The number of methoxy groups -OCH3 is 1. The van der Waals surface area contributed by atoms with E-state index in [0.29, 0.717) is 16.6 Å². The predicted octanol–water partition coefficient (Wildman–Crippen LogP) is 3.14. The van der Waals surface area contributed by atoms with Crippen molar-refractivity contribution in [2.75, 3.05) is 19.0 Å². The molecule has 3 rings (SSSR count). The van der Waals surface area contributed by atoms with E-state index in [4.69, 9.17) is 9.15 Å². The Hall–Kier alpha value is -2.18. The quantitative estimate of drug-likeness (QED) is 0.801. The van der Waals surface area contributed by atoms with E-state index in [9.17, 15) is 4.79 Å². The SMILES string of the molecule is COCC(=O)Nc1nc(-c2cc3ccccc3o2)cs1. The zero-order valence-corrected chi connectivity index (χ0v) is 11.6. The highest BCUT2D eigenvalue weighted by atomic mass is 32.1. The van der Waals surface area contributed by atoms with Crippen molar-refractivity contribution in [1.82, 2.24) is 4.98 Å². The molecule has 0 aliphatic carbocycles. The molecule has 6 heteroatoms. The van der Waals surface area contributed by atoms with Gasteiger partial charge in [0.2, 0.25) is 0 Å². The number of carbonyl (C=O) groups is 1. The molecule has 5 nitrogen and oxygen atoms in total. The van der Waals surface area contributed by atoms with E-state index >= 15 is 0 Å². The lowest BCUT2D eigenvalue weighted by Crippen LogP contribution is -2.16. The molecule has 1 N–H and O–H groups in total. The van der Waals surface area contributed by atoms with Crippen molar-refractivity contribution in [1.29, 1.82) is 0 Å². The first kappa shape index (κ1) is 12.8. The lowest BCUT2D eigenvalue weighted by atomic mass is 10.2. The van der Waals surface area contributed by atoms with Gasteiger partial charge in [-0.1, -0.05) is 18.2 Å². The number of thiazole rings is 1. The summed E-state index contributed by atoms with van der Waals surface area (Å²) in [6.45, 7) is 0.0134. The fourth-order valence-corrected chi connectivity index (χ4v) is 2.55. The van der Waals surface area contributed by atoms with Crippen molar-refractivity contribution in [2.24, 2.45) is 0 Å². The van der Waals surface area contributed by atoms with Crippen LogP contribution in [-0.4, -0.2) is 24.6 Å². The predicted molar refractivity (Wildman–Crippen MR) is 77.8 cm³/mol. The van der Waals surface area contributed by atoms with Crippen LogP contribution in [0.1, 0.15) is 0 Å². The fraction of sp³-hybridized carbons (Fsp3) is 0.143. The second-order valence-corrected chi connectivity index (χ2v) is 5.03. The number of amides is 1. The van der Waals surface area contributed by atoms with E-state index < -0.39 is 0 Å². The number of benzene rings is 1. The van der Waals surface area contributed by atoms with Gasteiger partial charge in [-0.05, 0) is 12.1 Å². The fourth-order valence-electron chi connectivity index (χ4n) is 1.84. The molecule has 3 aromatic rings. The molecule has 0 saturated carbocycles. The molecule has 2 aromatic heterocycles. The minimum Gasteiger partial charge on any atom is -0.454 e. The standard InChI is InChI=1S/C14H12N2O3S/c1-18-7-13(17)16-14-15-10(8-20-14)12-6-9-4-2-3-5-11(9)19-12/h2-6,8H,7H2,1H3,(H,15,16,17). The van der Waals surface area contributed by atoms with Gasteiger partial charge in [-0.25, -0.2) is 4.98 Å². The molecule has 0 spiro atoms. The molecule has 102 valence electrons. The number of para-hydroxylation sites is 1. The zero-order chi connectivity index (χ0) is 13.9. The molecule has 0 saturated heterocycles. The van der Waals surface area contributed by atoms with Crippen LogP contribution in [0.25, 0.3) is 22.4 Å². The van der Waals surface area contributed by atoms with Crippen molar-refractivity contribution < 1.29 is 13.9 Å². The average molecular weight is 288 g/mol. The molecule has 1 amide bonds. The van der Waals surface area contributed by atoms with Crippen LogP contribution >= 0.6 is 11.3 Å². The van der Waals surface area contributed by atoms with Gasteiger partial charge in [-0.15, -0.1) is 11.3 Å². The van der Waals surface area contributed by atoms with Crippen LogP contribution in [0.2, 0.25) is 0 Å². The van der Waals surface area contributed by atoms with E-state index in [0.717, 1.165) is 11.0 Å². The summed E-state index contributed by atoms with van der Waals surface area (Å²) >= 11 is 1.35. The molecule has 2 heterocycles. The highest BCUT2D eigenvalue weighted by Gasteiger charge is 2.11. The van der Waals surface area contributed by atoms with Gasteiger partial charge in [0.1, 0.15) is 17.9 Å². The van der Waals surface area contributed by atoms with Crippen LogP contribution in [0.15, 0.2) is 40.1 Å². The molecular formula is C14H12N2O3S. The molecule has 0 bridgehead atoms. The van der Waals surface area contributed by atoms with E-state index in [-0.39, 0.29) is 12.5 Å². The number of aromatic nitrogens is 1. The van der Waals surface area contributed by atoms with Crippen molar-refractivity contribution in [2.45, 2.75) is 0 Å².